The van der Waals surface area contributed by atoms with E-state index in [1.165, 1.54) is 19.3 Å². The van der Waals surface area contributed by atoms with Gasteiger partial charge in [0.1, 0.15) is 0 Å². The number of rotatable bonds is 3. The summed E-state index contributed by atoms with van der Waals surface area (Å²) in [6, 6.07) is 0. The maximum absolute atomic E-state index is 5.58. The molecule has 0 saturated heterocycles. The smallest absolute Gasteiger partial charge is 0.0738 e. The molecular formula is C10H18O. The Hall–Kier alpha value is -0.300. The maximum atomic E-state index is 5.58. The first-order chi connectivity index (χ1) is 5.25. The minimum Gasteiger partial charge on any atom is -0.378 e. The molecule has 2 atom stereocenters. The van der Waals surface area contributed by atoms with Gasteiger partial charge < -0.3 is 4.74 Å². The van der Waals surface area contributed by atoms with Crippen molar-refractivity contribution >= 4 is 0 Å². The van der Waals surface area contributed by atoms with Gasteiger partial charge in [-0.1, -0.05) is 19.4 Å². The molecule has 1 heteroatoms. The molecule has 0 bridgehead atoms. The van der Waals surface area contributed by atoms with E-state index >= 15 is 0 Å². The molecule has 1 aliphatic carbocycles. The van der Waals surface area contributed by atoms with Crippen LogP contribution in [0.25, 0.3) is 0 Å². The molecule has 1 aliphatic rings. The van der Waals surface area contributed by atoms with E-state index in [9.17, 15) is 0 Å². The number of hydrogen-bond acceptors (Lipinski definition) is 1. The minimum atomic E-state index is 0.127. The summed E-state index contributed by atoms with van der Waals surface area (Å²) in [7, 11) is 1.82. The molecule has 0 amide bonds. The fraction of sp³-hybridized carbons (Fsp3) is 0.800. The Morgan fingerprint density at radius 2 is 2.45 bits per heavy atom. The van der Waals surface area contributed by atoms with Gasteiger partial charge in [0.05, 0.1) is 5.60 Å². The SMILES string of the molecule is C=CC[C@]1(OC)CCCC1C. The first-order valence-corrected chi connectivity index (χ1v) is 4.41. The zero-order valence-electron chi connectivity index (χ0n) is 7.60. The van der Waals surface area contributed by atoms with Crippen LogP contribution in [0.5, 0.6) is 0 Å². The summed E-state index contributed by atoms with van der Waals surface area (Å²) in [6.45, 7) is 6.05. The highest BCUT2D eigenvalue weighted by molar-refractivity contribution is 4.96. The second-order valence-corrected chi connectivity index (χ2v) is 3.55. The Balaban J connectivity index is 2.64. The fourth-order valence-electron chi connectivity index (χ4n) is 2.15. The van der Waals surface area contributed by atoms with Crippen molar-refractivity contribution in [2.45, 2.75) is 38.2 Å². The molecule has 1 saturated carbocycles. The Bertz CT molecular complexity index is 142. The van der Waals surface area contributed by atoms with Gasteiger partial charge in [0.25, 0.3) is 0 Å². The van der Waals surface area contributed by atoms with Crippen molar-refractivity contribution in [3.63, 3.8) is 0 Å². The molecule has 11 heavy (non-hydrogen) atoms. The van der Waals surface area contributed by atoms with E-state index in [1.54, 1.807) is 0 Å². The van der Waals surface area contributed by atoms with Gasteiger partial charge in [0.2, 0.25) is 0 Å². The van der Waals surface area contributed by atoms with Crippen LogP contribution < -0.4 is 0 Å². The molecule has 0 aliphatic heterocycles. The largest absolute Gasteiger partial charge is 0.378 e. The molecule has 1 nitrogen and oxygen atoms in total. The topological polar surface area (TPSA) is 9.23 Å². The van der Waals surface area contributed by atoms with E-state index in [1.807, 2.05) is 13.2 Å². The van der Waals surface area contributed by atoms with Crippen LogP contribution in [-0.2, 0) is 4.74 Å². The average molecular weight is 154 g/mol. The second kappa shape index (κ2) is 3.40. The summed E-state index contributed by atoms with van der Waals surface area (Å²) >= 11 is 0. The first-order valence-electron chi connectivity index (χ1n) is 4.41. The van der Waals surface area contributed by atoms with Gasteiger partial charge in [0, 0.05) is 7.11 Å². The lowest BCUT2D eigenvalue weighted by atomic mass is 9.89. The minimum absolute atomic E-state index is 0.127. The van der Waals surface area contributed by atoms with Gasteiger partial charge >= 0.3 is 0 Å². The third kappa shape index (κ3) is 1.48. The molecule has 0 radical (unpaired) electrons. The monoisotopic (exact) mass is 154 g/mol. The molecule has 1 fully saturated rings. The van der Waals surface area contributed by atoms with E-state index in [-0.39, 0.29) is 5.60 Å². The van der Waals surface area contributed by atoms with Crippen LogP contribution in [0.2, 0.25) is 0 Å². The predicted octanol–water partition coefficient (Wildman–Crippen LogP) is 2.77. The molecule has 1 rings (SSSR count). The lowest BCUT2D eigenvalue weighted by Gasteiger charge is -2.31. The lowest BCUT2D eigenvalue weighted by molar-refractivity contribution is -0.0333. The van der Waals surface area contributed by atoms with Crippen LogP contribution in [0.4, 0.5) is 0 Å². The van der Waals surface area contributed by atoms with E-state index in [0.717, 1.165) is 6.42 Å². The van der Waals surface area contributed by atoms with Crippen molar-refractivity contribution in [1.29, 1.82) is 0 Å². The van der Waals surface area contributed by atoms with Crippen molar-refractivity contribution in [1.82, 2.24) is 0 Å². The van der Waals surface area contributed by atoms with Crippen LogP contribution in [0.15, 0.2) is 12.7 Å². The van der Waals surface area contributed by atoms with Crippen LogP contribution in [0.1, 0.15) is 32.6 Å². The van der Waals surface area contributed by atoms with Crippen LogP contribution in [0.3, 0.4) is 0 Å². The maximum Gasteiger partial charge on any atom is 0.0738 e. The standard InChI is InChI=1S/C10H18O/c1-4-7-10(11-3)8-5-6-9(10)2/h4,9H,1,5-8H2,2-3H3/t9?,10-/m0/s1. The number of hydrogen-bond donors (Lipinski definition) is 0. The van der Waals surface area contributed by atoms with Gasteiger partial charge in [-0.25, -0.2) is 0 Å². The van der Waals surface area contributed by atoms with Crippen LogP contribution in [-0.4, -0.2) is 12.7 Å². The van der Waals surface area contributed by atoms with Crippen molar-refractivity contribution in [3.8, 4) is 0 Å². The summed E-state index contributed by atoms with van der Waals surface area (Å²) in [5.41, 5.74) is 0.127. The predicted molar refractivity (Wildman–Crippen MR) is 47.6 cm³/mol. The Morgan fingerprint density at radius 1 is 1.73 bits per heavy atom. The summed E-state index contributed by atoms with van der Waals surface area (Å²) in [5, 5.41) is 0. The molecule has 0 aromatic heterocycles. The fourth-order valence-corrected chi connectivity index (χ4v) is 2.15. The van der Waals surface area contributed by atoms with Crippen LogP contribution >= 0.6 is 0 Å². The molecule has 64 valence electrons. The second-order valence-electron chi connectivity index (χ2n) is 3.55. The van der Waals surface area contributed by atoms with Crippen molar-refractivity contribution in [2.75, 3.05) is 7.11 Å². The van der Waals surface area contributed by atoms with E-state index in [0.29, 0.717) is 5.92 Å². The van der Waals surface area contributed by atoms with Crippen molar-refractivity contribution in [3.05, 3.63) is 12.7 Å². The van der Waals surface area contributed by atoms with Crippen molar-refractivity contribution < 1.29 is 4.74 Å². The average Bonchev–Trinajstić information content (AvgIpc) is 2.35. The Morgan fingerprint density at radius 3 is 2.82 bits per heavy atom. The summed E-state index contributed by atoms with van der Waals surface area (Å²) < 4.78 is 5.58. The van der Waals surface area contributed by atoms with E-state index in [4.69, 9.17) is 4.74 Å². The highest BCUT2D eigenvalue weighted by atomic mass is 16.5. The number of methoxy groups -OCH3 is 1. The molecule has 0 aromatic rings. The van der Waals surface area contributed by atoms with Gasteiger partial charge in [-0.2, -0.15) is 0 Å². The quantitative estimate of drug-likeness (QED) is 0.568. The molecular weight excluding hydrogens is 136 g/mol. The lowest BCUT2D eigenvalue weighted by Crippen LogP contribution is -2.33. The highest BCUT2D eigenvalue weighted by Crippen LogP contribution is 2.40. The zero-order valence-corrected chi connectivity index (χ0v) is 7.60. The third-order valence-corrected chi connectivity index (χ3v) is 3.03. The first kappa shape index (κ1) is 8.79. The highest BCUT2D eigenvalue weighted by Gasteiger charge is 2.38. The van der Waals surface area contributed by atoms with Gasteiger partial charge in [-0.3, -0.25) is 0 Å². The molecule has 1 unspecified atom stereocenters. The zero-order chi connectivity index (χ0) is 8.32. The van der Waals surface area contributed by atoms with Crippen molar-refractivity contribution in [2.24, 2.45) is 5.92 Å². The summed E-state index contributed by atoms with van der Waals surface area (Å²) in [6.07, 6.45) is 6.80. The van der Waals surface area contributed by atoms with E-state index in [2.05, 4.69) is 13.5 Å². The van der Waals surface area contributed by atoms with Gasteiger partial charge in [-0.05, 0) is 25.2 Å². The molecule has 0 aromatic carbocycles. The normalized spacial score (nSPS) is 37.5. The summed E-state index contributed by atoms with van der Waals surface area (Å²) in [4.78, 5) is 0. The number of ether oxygens (including phenoxy) is 1. The third-order valence-electron chi connectivity index (χ3n) is 3.03. The van der Waals surface area contributed by atoms with Gasteiger partial charge in [-0.15, -0.1) is 6.58 Å². The van der Waals surface area contributed by atoms with E-state index < -0.39 is 0 Å². The van der Waals surface area contributed by atoms with Crippen LogP contribution in [0, 0.1) is 5.92 Å². The molecule has 0 N–H and O–H groups in total. The van der Waals surface area contributed by atoms with Gasteiger partial charge in [0.15, 0.2) is 0 Å². The Labute approximate surface area is 69.4 Å². The summed E-state index contributed by atoms with van der Waals surface area (Å²) in [5.74, 6) is 0.700. The Kier molecular flexibility index (Phi) is 2.72. The molecule has 0 heterocycles. The molecule has 0 spiro atoms.